The lowest BCUT2D eigenvalue weighted by Gasteiger charge is -2.17. The largest absolute Gasteiger partial charge is 0.226 e. The summed E-state index contributed by atoms with van der Waals surface area (Å²) >= 11 is 5.15. The molecule has 2 nitrogen and oxygen atoms in total. The Morgan fingerprint density at radius 1 is 1.00 bits per heavy atom. The van der Waals surface area contributed by atoms with Crippen molar-refractivity contribution in [2.24, 2.45) is 0 Å². The summed E-state index contributed by atoms with van der Waals surface area (Å²) in [5, 5.41) is 0.972. The maximum atomic E-state index is 4.67. The smallest absolute Gasteiger partial charge is 0.136 e. The minimum absolute atomic E-state index is 0.0533. The number of halogens is 1. The number of hydrogen-bond donors (Lipinski definition) is 0. The molecule has 0 radical (unpaired) electrons. The van der Waals surface area contributed by atoms with Crippen LogP contribution in [0.4, 0.5) is 0 Å². The van der Waals surface area contributed by atoms with Crippen molar-refractivity contribution < 1.29 is 0 Å². The van der Waals surface area contributed by atoms with Crippen molar-refractivity contribution in [1.29, 1.82) is 0 Å². The minimum atomic E-state index is -0.0533. The van der Waals surface area contributed by atoms with Crippen molar-refractivity contribution >= 4 is 27.7 Å². The summed E-state index contributed by atoms with van der Waals surface area (Å²) in [6, 6.07) is 8.46. The second-order valence-electron chi connectivity index (χ2n) is 5.95. The Hall–Kier alpha value is -0.870. The fraction of sp³-hybridized carbons (Fsp3) is 0.375. The van der Waals surface area contributed by atoms with Gasteiger partial charge in [-0.2, -0.15) is 0 Å². The first-order valence-corrected chi connectivity index (χ1v) is 8.17. The van der Waals surface area contributed by atoms with Crippen LogP contribution in [0.25, 0.3) is 0 Å². The molecule has 2 rings (SSSR count). The third kappa shape index (κ3) is 3.83. The molecule has 1 heterocycles. The highest BCUT2D eigenvalue weighted by atomic mass is 79.9. The van der Waals surface area contributed by atoms with Crippen LogP contribution in [0.2, 0.25) is 0 Å². The SMILES string of the molecule is Cc1ccc(Sc2cc(Br)nc(C(C)(C)C)n2)cc1C. The van der Waals surface area contributed by atoms with Gasteiger partial charge in [-0.25, -0.2) is 9.97 Å². The first kappa shape index (κ1) is 15.5. The summed E-state index contributed by atoms with van der Waals surface area (Å²) in [5.74, 6) is 0.859. The van der Waals surface area contributed by atoms with Crippen LogP contribution in [0.3, 0.4) is 0 Å². The predicted octanol–water partition coefficient (Wildman–Crippen LogP) is 5.30. The highest BCUT2D eigenvalue weighted by molar-refractivity contribution is 9.10. The number of aryl methyl sites for hydroxylation is 2. The first-order chi connectivity index (χ1) is 9.25. The van der Waals surface area contributed by atoms with E-state index in [1.807, 2.05) is 6.07 Å². The second-order valence-corrected chi connectivity index (χ2v) is 7.86. The zero-order valence-corrected chi connectivity index (χ0v) is 14.9. The maximum Gasteiger partial charge on any atom is 0.136 e. The van der Waals surface area contributed by atoms with E-state index in [2.05, 4.69) is 78.7 Å². The summed E-state index contributed by atoms with van der Waals surface area (Å²) in [6.45, 7) is 10.6. The van der Waals surface area contributed by atoms with E-state index in [-0.39, 0.29) is 5.41 Å². The molecule has 0 N–H and O–H groups in total. The summed E-state index contributed by atoms with van der Waals surface area (Å²) in [7, 11) is 0. The van der Waals surface area contributed by atoms with Crippen molar-refractivity contribution in [1.82, 2.24) is 9.97 Å². The molecular weight excluding hydrogens is 332 g/mol. The van der Waals surface area contributed by atoms with Gasteiger partial charge in [-0.15, -0.1) is 0 Å². The van der Waals surface area contributed by atoms with Crippen molar-refractivity contribution in [2.75, 3.05) is 0 Å². The lowest BCUT2D eigenvalue weighted by atomic mass is 9.96. The Labute approximate surface area is 133 Å². The zero-order valence-electron chi connectivity index (χ0n) is 12.5. The third-order valence-electron chi connectivity index (χ3n) is 3.04. The fourth-order valence-electron chi connectivity index (χ4n) is 1.68. The van der Waals surface area contributed by atoms with E-state index >= 15 is 0 Å². The molecule has 2 aromatic rings. The lowest BCUT2D eigenvalue weighted by Crippen LogP contribution is -2.16. The average Bonchev–Trinajstić information content (AvgIpc) is 2.32. The van der Waals surface area contributed by atoms with Crippen LogP contribution in [-0.2, 0) is 5.41 Å². The van der Waals surface area contributed by atoms with Gasteiger partial charge in [-0.05, 0) is 53.0 Å². The quantitative estimate of drug-likeness (QED) is 0.686. The molecule has 20 heavy (non-hydrogen) atoms. The van der Waals surface area contributed by atoms with Crippen molar-refractivity contribution in [3.8, 4) is 0 Å². The molecule has 4 heteroatoms. The number of nitrogens with zero attached hydrogens (tertiary/aromatic N) is 2. The second kappa shape index (κ2) is 5.86. The Bertz CT molecular complexity index is 633. The van der Waals surface area contributed by atoms with Gasteiger partial charge in [-0.1, -0.05) is 38.6 Å². The molecule has 0 aliphatic heterocycles. The van der Waals surface area contributed by atoms with E-state index in [0.717, 1.165) is 15.5 Å². The predicted molar refractivity (Wildman–Crippen MR) is 88.5 cm³/mol. The Morgan fingerprint density at radius 2 is 1.70 bits per heavy atom. The van der Waals surface area contributed by atoms with E-state index in [1.165, 1.54) is 16.0 Å². The third-order valence-corrected chi connectivity index (χ3v) is 4.36. The van der Waals surface area contributed by atoms with Crippen LogP contribution in [0.1, 0.15) is 37.7 Å². The molecule has 0 fully saturated rings. The first-order valence-electron chi connectivity index (χ1n) is 6.56. The molecule has 0 aliphatic rings. The van der Waals surface area contributed by atoms with Gasteiger partial charge in [0.25, 0.3) is 0 Å². The highest BCUT2D eigenvalue weighted by Crippen LogP contribution is 2.30. The van der Waals surface area contributed by atoms with Crippen LogP contribution >= 0.6 is 27.7 Å². The molecule has 1 aromatic carbocycles. The van der Waals surface area contributed by atoms with Crippen LogP contribution in [-0.4, -0.2) is 9.97 Å². The van der Waals surface area contributed by atoms with Crippen LogP contribution in [0.15, 0.2) is 38.8 Å². The number of rotatable bonds is 2. The molecule has 106 valence electrons. The summed E-state index contributed by atoms with van der Waals surface area (Å²) in [6.07, 6.45) is 0. The summed E-state index contributed by atoms with van der Waals surface area (Å²) < 4.78 is 0.837. The van der Waals surface area contributed by atoms with Crippen molar-refractivity contribution in [3.63, 3.8) is 0 Å². The molecule has 0 amide bonds. The number of aromatic nitrogens is 2. The normalized spacial score (nSPS) is 11.7. The van der Waals surface area contributed by atoms with Gasteiger partial charge in [0.1, 0.15) is 15.5 Å². The van der Waals surface area contributed by atoms with E-state index in [9.17, 15) is 0 Å². The van der Waals surface area contributed by atoms with Crippen LogP contribution < -0.4 is 0 Å². The molecular formula is C16H19BrN2S. The van der Waals surface area contributed by atoms with E-state index in [0.29, 0.717) is 0 Å². The average molecular weight is 351 g/mol. The topological polar surface area (TPSA) is 25.8 Å². The van der Waals surface area contributed by atoms with Gasteiger partial charge in [0.05, 0.1) is 0 Å². The Balaban J connectivity index is 2.33. The summed E-state index contributed by atoms with van der Waals surface area (Å²) in [5.41, 5.74) is 2.57. The van der Waals surface area contributed by atoms with Crippen LogP contribution in [0, 0.1) is 13.8 Å². The molecule has 0 saturated carbocycles. The molecule has 1 aromatic heterocycles. The van der Waals surface area contributed by atoms with Crippen molar-refractivity contribution in [2.45, 2.75) is 50.0 Å². The molecule has 0 aliphatic carbocycles. The molecule has 0 unspecified atom stereocenters. The zero-order chi connectivity index (χ0) is 14.9. The monoisotopic (exact) mass is 350 g/mol. The van der Waals surface area contributed by atoms with E-state index < -0.39 is 0 Å². The Morgan fingerprint density at radius 3 is 2.30 bits per heavy atom. The van der Waals surface area contributed by atoms with Crippen LogP contribution in [0.5, 0.6) is 0 Å². The van der Waals surface area contributed by atoms with Gasteiger partial charge in [-0.3, -0.25) is 0 Å². The van der Waals surface area contributed by atoms with E-state index in [1.54, 1.807) is 11.8 Å². The number of benzene rings is 1. The number of hydrogen-bond acceptors (Lipinski definition) is 3. The van der Waals surface area contributed by atoms with Crippen molar-refractivity contribution in [3.05, 3.63) is 45.8 Å². The molecule has 0 bridgehead atoms. The minimum Gasteiger partial charge on any atom is -0.226 e. The summed E-state index contributed by atoms with van der Waals surface area (Å²) in [4.78, 5) is 10.4. The van der Waals surface area contributed by atoms with Gasteiger partial charge in [0.2, 0.25) is 0 Å². The Kier molecular flexibility index (Phi) is 4.55. The molecule has 0 saturated heterocycles. The van der Waals surface area contributed by atoms with E-state index in [4.69, 9.17) is 0 Å². The molecule has 0 atom stereocenters. The van der Waals surface area contributed by atoms with Gasteiger partial charge in [0.15, 0.2) is 0 Å². The molecule has 0 spiro atoms. The maximum absolute atomic E-state index is 4.67. The van der Waals surface area contributed by atoms with Gasteiger partial charge < -0.3 is 0 Å². The lowest BCUT2D eigenvalue weighted by molar-refractivity contribution is 0.536. The van der Waals surface area contributed by atoms with Gasteiger partial charge >= 0.3 is 0 Å². The fourth-order valence-corrected chi connectivity index (χ4v) is 3.14. The highest BCUT2D eigenvalue weighted by Gasteiger charge is 2.19. The van der Waals surface area contributed by atoms with Gasteiger partial charge in [0, 0.05) is 16.4 Å². The standard InChI is InChI=1S/C16H19BrN2S/c1-10-6-7-12(8-11(10)2)20-14-9-13(17)18-15(19-14)16(3,4)5/h6-9H,1-5H3.